The van der Waals surface area contributed by atoms with Gasteiger partial charge in [-0.05, 0) is 55.0 Å². The smallest absolute Gasteiger partial charge is 0.249 e. The quantitative estimate of drug-likeness (QED) is 0.506. The predicted molar refractivity (Wildman–Crippen MR) is 118 cm³/mol. The highest BCUT2D eigenvalue weighted by molar-refractivity contribution is 6.06. The molecule has 0 saturated heterocycles. The summed E-state index contributed by atoms with van der Waals surface area (Å²) in [6.45, 7) is 3.31. The Labute approximate surface area is 184 Å². The van der Waals surface area contributed by atoms with Gasteiger partial charge in [0.15, 0.2) is 0 Å². The minimum Gasteiger partial charge on any atom is -0.376 e. The van der Waals surface area contributed by atoms with Gasteiger partial charge in [-0.2, -0.15) is 4.98 Å². The van der Waals surface area contributed by atoms with Crippen molar-refractivity contribution in [2.45, 2.75) is 26.5 Å². The highest BCUT2D eigenvalue weighted by atomic mass is 19.1. The molecule has 5 rings (SSSR count). The summed E-state index contributed by atoms with van der Waals surface area (Å²) in [5, 5.41) is 4.07. The molecule has 8 heteroatoms. The predicted octanol–water partition coefficient (Wildman–Crippen LogP) is 3.45. The molecule has 4 aromatic rings. The third-order valence-electron chi connectivity index (χ3n) is 5.58. The van der Waals surface area contributed by atoms with Crippen molar-refractivity contribution in [3.8, 4) is 5.95 Å². The van der Waals surface area contributed by atoms with E-state index in [2.05, 4.69) is 11.4 Å². The zero-order valence-electron chi connectivity index (χ0n) is 17.5. The lowest BCUT2D eigenvalue weighted by molar-refractivity contribution is 0.100. The van der Waals surface area contributed by atoms with E-state index < -0.39 is 5.91 Å². The van der Waals surface area contributed by atoms with Gasteiger partial charge in [-0.3, -0.25) is 9.36 Å². The van der Waals surface area contributed by atoms with Gasteiger partial charge in [-0.15, -0.1) is 0 Å². The van der Waals surface area contributed by atoms with Gasteiger partial charge in [0.1, 0.15) is 11.6 Å². The summed E-state index contributed by atoms with van der Waals surface area (Å²) in [4.78, 5) is 21.5. The van der Waals surface area contributed by atoms with Gasteiger partial charge in [0.2, 0.25) is 11.9 Å². The van der Waals surface area contributed by atoms with Crippen molar-refractivity contribution in [3.05, 3.63) is 82.4 Å². The zero-order valence-corrected chi connectivity index (χ0v) is 17.5. The molecule has 0 atom stereocenters. The summed E-state index contributed by atoms with van der Waals surface area (Å²) < 4.78 is 21.1. The minimum atomic E-state index is -0.481. The van der Waals surface area contributed by atoms with E-state index in [1.54, 1.807) is 18.2 Å². The van der Waals surface area contributed by atoms with Crippen molar-refractivity contribution in [1.82, 2.24) is 14.5 Å². The van der Waals surface area contributed by atoms with Gasteiger partial charge in [-0.25, -0.2) is 9.37 Å². The van der Waals surface area contributed by atoms with Crippen LogP contribution in [-0.2, 0) is 24.3 Å². The molecule has 0 spiro atoms. The fourth-order valence-electron chi connectivity index (χ4n) is 4.09. The number of fused-ring (bicyclic) bond motifs is 2. The van der Waals surface area contributed by atoms with Crippen LogP contribution in [-0.4, -0.2) is 27.0 Å². The maximum atomic E-state index is 13.6. The SMILES string of the molecule is Cc1cc2c(C(N)=O)cccc2n1-c1nc2c(c(NCc3c[c]cc(F)c3)n1)COCC2. The largest absolute Gasteiger partial charge is 0.376 e. The lowest BCUT2D eigenvalue weighted by atomic mass is 10.1. The Morgan fingerprint density at radius 3 is 3.00 bits per heavy atom. The molecule has 3 N–H and O–H groups in total. The molecule has 1 aliphatic heterocycles. The summed E-state index contributed by atoms with van der Waals surface area (Å²) in [5.41, 5.74) is 10.3. The second-order valence-corrected chi connectivity index (χ2v) is 7.74. The lowest BCUT2D eigenvalue weighted by Gasteiger charge is -2.21. The maximum absolute atomic E-state index is 13.6. The lowest BCUT2D eigenvalue weighted by Crippen LogP contribution is -2.19. The number of halogens is 1. The third kappa shape index (κ3) is 3.58. The molecule has 0 bridgehead atoms. The summed E-state index contributed by atoms with van der Waals surface area (Å²) in [7, 11) is 0. The molecule has 7 nitrogen and oxygen atoms in total. The topological polar surface area (TPSA) is 95.1 Å². The maximum Gasteiger partial charge on any atom is 0.249 e. The van der Waals surface area contributed by atoms with Crippen LogP contribution in [0.25, 0.3) is 16.9 Å². The number of anilines is 1. The first-order valence-corrected chi connectivity index (χ1v) is 10.3. The van der Waals surface area contributed by atoms with Gasteiger partial charge >= 0.3 is 0 Å². The van der Waals surface area contributed by atoms with Gasteiger partial charge in [-0.1, -0.05) is 6.07 Å². The molecule has 0 fully saturated rings. The minimum absolute atomic E-state index is 0.335. The van der Waals surface area contributed by atoms with Crippen LogP contribution in [0.4, 0.5) is 10.2 Å². The van der Waals surface area contributed by atoms with Gasteiger partial charge in [0, 0.05) is 35.2 Å². The Balaban J connectivity index is 1.61. The van der Waals surface area contributed by atoms with Crippen LogP contribution >= 0.6 is 0 Å². The molecule has 32 heavy (non-hydrogen) atoms. The van der Waals surface area contributed by atoms with Crippen LogP contribution < -0.4 is 11.1 Å². The Hall–Kier alpha value is -3.78. The molecular formula is C24H21FN5O2. The Morgan fingerprint density at radius 2 is 2.19 bits per heavy atom. The average molecular weight is 430 g/mol. The van der Waals surface area contributed by atoms with Crippen LogP contribution in [0.2, 0.25) is 0 Å². The molecule has 3 heterocycles. The van der Waals surface area contributed by atoms with Crippen LogP contribution in [0.1, 0.15) is 32.9 Å². The molecule has 1 amide bonds. The first-order chi connectivity index (χ1) is 15.5. The van der Waals surface area contributed by atoms with E-state index in [9.17, 15) is 9.18 Å². The van der Waals surface area contributed by atoms with Gasteiger partial charge in [0.25, 0.3) is 0 Å². The second-order valence-electron chi connectivity index (χ2n) is 7.74. The number of carbonyl (C=O) groups is 1. The number of hydrogen-bond donors (Lipinski definition) is 2. The van der Waals surface area contributed by atoms with E-state index in [0.29, 0.717) is 43.5 Å². The van der Waals surface area contributed by atoms with Crippen molar-refractivity contribution in [2.75, 3.05) is 11.9 Å². The molecule has 161 valence electrons. The van der Waals surface area contributed by atoms with Crippen LogP contribution in [0.5, 0.6) is 0 Å². The number of hydrogen-bond acceptors (Lipinski definition) is 5. The van der Waals surface area contributed by atoms with Crippen molar-refractivity contribution in [1.29, 1.82) is 0 Å². The standard InChI is InChI=1S/C24H21FN5O2/c1-14-10-18-17(22(26)31)6-3-7-21(18)30(14)24-28-20-8-9-32-13-19(20)23(29-24)27-12-15-4-2-5-16(25)11-15/h3-7,10-11H,8-9,12-13H2,1H3,(H2,26,31)(H,27,28,29). The Bertz CT molecular complexity index is 1350. The fraction of sp³-hybridized carbons (Fsp3) is 0.208. The first kappa shape index (κ1) is 20.1. The number of carbonyl (C=O) groups excluding carboxylic acids is 1. The molecule has 2 aromatic carbocycles. The highest BCUT2D eigenvalue weighted by Gasteiger charge is 2.21. The number of nitrogens with zero attached hydrogens (tertiary/aromatic N) is 3. The number of rotatable bonds is 5. The van der Waals surface area contributed by atoms with Crippen molar-refractivity contribution >= 4 is 22.6 Å². The molecular weight excluding hydrogens is 409 g/mol. The van der Waals surface area contributed by atoms with E-state index in [1.807, 2.05) is 23.6 Å². The first-order valence-electron chi connectivity index (χ1n) is 10.3. The number of benzene rings is 2. The average Bonchev–Trinajstić information content (AvgIpc) is 3.13. The molecule has 1 aliphatic rings. The van der Waals surface area contributed by atoms with E-state index in [4.69, 9.17) is 20.4 Å². The summed E-state index contributed by atoms with van der Waals surface area (Å²) in [6, 6.07) is 14.6. The molecule has 0 saturated carbocycles. The number of nitrogens with one attached hydrogen (secondary N) is 1. The summed E-state index contributed by atoms with van der Waals surface area (Å²) >= 11 is 0. The van der Waals surface area contributed by atoms with E-state index >= 15 is 0 Å². The highest BCUT2D eigenvalue weighted by Crippen LogP contribution is 2.29. The van der Waals surface area contributed by atoms with E-state index in [-0.39, 0.29) is 5.82 Å². The number of aromatic nitrogens is 3. The third-order valence-corrected chi connectivity index (χ3v) is 5.58. The molecule has 2 aromatic heterocycles. The van der Waals surface area contributed by atoms with E-state index in [1.165, 1.54) is 12.1 Å². The van der Waals surface area contributed by atoms with Crippen LogP contribution in [0, 0.1) is 18.8 Å². The summed E-state index contributed by atoms with van der Waals surface area (Å²) in [5.74, 6) is 0.317. The number of nitrogens with two attached hydrogens (primary N) is 1. The number of amides is 1. The zero-order chi connectivity index (χ0) is 22.2. The van der Waals surface area contributed by atoms with Crippen molar-refractivity contribution < 1.29 is 13.9 Å². The van der Waals surface area contributed by atoms with Crippen molar-refractivity contribution in [2.24, 2.45) is 5.73 Å². The Kier molecular flexibility index (Phi) is 5.07. The van der Waals surface area contributed by atoms with Gasteiger partial charge in [0.05, 0.1) is 24.4 Å². The van der Waals surface area contributed by atoms with Crippen molar-refractivity contribution in [3.63, 3.8) is 0 Å². The summed E-state index contributed by atoms with van der Waals surface area (Å²) in [6.07, 6.45) is 0.665. The molecule has 0 aliphatic carbocycles. The Morgan fingerprint density at radius 1 is 1.31 bits per heavy atom. The number of primary amides is 1. The molecule has 1 radical (unpaired) electrons. The van der Waals surface area contributed by atoms with Crippen LogP contribution in [0.15, 0.2) is 42.5 Å². The monoisotopic (exact) mass is 430 g/mol. The second kappa shape index (κ2) is 8.05. The number of ether oxygens (including phenoxy) is 1. The number of aryl methyl sites for hydroxylation is 1. The normalized spacial score (nSPS) is 13.2. The molecule has 0 unspecified atom stereocenters. The van der Waals surface area contributed by atoms with Crippen LogP contribution in [0.3, 0.4) is 0 Å². The van der Waals surface area contributed by atoms with Gasteiger partial charge < -0.3 is 15.8 Å². The fourth-order valence-corrected chi connectivity index (χ4v) is 4.09. The van der Waals surface area contributed by atoms with E-state index in [0.717, 1.165) is 33.4 Å².